The standard InChI is InChI=1S/C25H28F3N5O4/c1-31-10-8-18(9-11-31)36-20-14-21-22(29-15-20)30-24(35)33(21)17-6-12-32(13-7-17)23(34)16-2-4-19(5-3-16)37-25(26,27)28/h2-5,14-15,17-18H,6-13H2,1H3,(H,29,30,35). The van der Waals surface area contributed by atoms with Crippen LogP contribution in [0, 0.1) is 0 Å². The summed E-state index contributed by atoms with van der Waals surface area (Å²) < 4.78 is 48.8. The van der Waals surface area contributed by atoms with E-state index in [-0.39, 0.29) is 35.1 Å². The van der Waals surface area contributed by atoms with Crippen molar-refractivity contribution >= 4 is 17.1 Å². The van der Waals surface area contributed by atoms with Gasteiger partial charge in [0.2, 0.25) is 0 Å². The summed E-state index contributed by atoms with van der Waals surface area (Å²) in [7, 11) is 2.09. The molecular weight excluding hydrogens is 491 g/mol. The Labute approximate surface area is 210 Å². The van der Waals surface area contributed by atoms with E-state index in [0.717, 1.165) is 38.1 Å². The van der Waals surface area contributed by atoms with Gasteiger partial charge in [0.15, 0.2) is 5.65 Å². The van der Waals surface area contributed by atoms with E-state index < -0.39 is 6.36 Å². The lowest BCUT2D eigenvalue weighted by Crippen LogP contribution is -2.40. The Balaban J connectivity index is 1.25. The van der Waals surface area contributed by atoms with Gasteiger partial charge in [0.1, 0.15) is 17.6 Å². The minimum absolute atomic E-state index is 0.109. The van der Waals surface area contributed by atoms with Crippen LogP contribution in [0.5, 0.6) is 11.5 Å². The van der Waals surface area contributed by atoms with E-state index in [4.69, 9.17) is 4.74 Å². The summed E-state index contributed by atoms with van der Waals surface area (Å²) in [4.78, 5) is 36.8. The molecule has 0 unspecified atom stereocenters. The molecule has 0 bridgehead atoms. The van der Waals surface area contributed by atoms with E-state index >= 15 is 0 Å². The summed E-state index contributed by atoms with van der Waals surface area (Å²) >= 11 is 0. The predicted molar refractivity (Wildman–Crippen MR) is 129 cm³/mol. The Kier molecular flexibility index (Phi) is 6.84. The normalized spacial score (nSPS) is 18.3. The van der Waals surface area contributed by atoms with Crippen molar-refractivity contribution < 1.29 is 27.4 Å². The van der Waals surface area contributed by atoms with Crippen LogP contribution in [0.15, 0.2) is 41.3 Å². The van der Waals surface area contributed by atoms with Crippen molar-refractivity contribution in [1.29, 1.82) is 0 Å². The van der Waals surface area contributed by atoms with Crippen molar-refractivity contribution in [2.75, 3.05) is 33.2 Å². The van der Waals surface area contributed by atoms with Crippen molar-refractivity contribution in [2.45, 2.75) is 44.2 Å². The van der Waals surface area contributed by atoms with E-state index in [1.165, 1.54) is 12.1 Å². The number of aromatic amines is 1. The first-order chi connectivity index (χ1) is 17.7. The molecule has 2 saturated heterocycles. The Morgan fingerprint density at radius 2 is 1.70 bits per heavy atom. The maximum absolute atomic E-state index is 12.9. The molecule has 12 heteroatoms. The van der Waals surface area contributed by atoms with Gasteiger partial charge >= 0.3 is 12.1 Å². The maximum atomic E-state index is 12.9. The second-order valence-electron chi connectivity index (χ2n) is 9.55. The number of imidazole rings is 1. The summed E-state index contributed by atoms with van der Waals surface area (Å²) in [5, 5.41) is 0. The average Bonchev–Trinajstić information content (AvgIpc) is 3.19. The zero-order chi connectivity index (χ0) is 26.2. The van der Waals surface area contributed by atoms with Crippen LogP contribution in [0.2, 0.25) is 0 Å². The smallest absolute Gasteiger partial charge is 0.489 e. The fourth-order valence-corrected chi connectivity index (χ4v) is 5.02. The summed E-state index contributed by atoms with van der Waals surface area (Å²) in [6, 6.07) is 6.59. The summed E-state index contributed by atoms with van der Waals surface area (Å²) in [6.45, 7) is 2.75. The van der Waals surface area contributed by atoms with Gasteiger partial charge in [-0.05, 0) is 57.0 Å². The van der Waals surface area contributed by atoms with Gasteiger partial charge in [-0.1, -0.05) is 0 Å². The molecule has 2 aromatic heterocycles. The van der Waals surface area contributed by atoms with Crippen LogP contribution in [0.3, 0.4) is 0 Å². The molecule has 1 amide bonds. The predicted octanol–water partition coefficient (Wildman–Crippen LogP) is 3.57. The van der Waals surface area contributed by atoms with Gasteiger partial charge in [-0.25, -0.2) is 9.78 Å². The van der Waals surface area contributed by atoms with Gasteiger partial charge in [0.25, 0.3) is 5.91 Å². The second kappa shape index (κ2) is 10.1. The lowest BCUT2D eigenvalue weighted by molar-refractivity contribution is -0.274. The van der Waals surface area contributed by atoms with Crippen LogP contribution in [0.1, 0.15) is 42.1 Å². The van der Waals surface area contributed by atoms with Crippen molar-refractivity contribution in [1.82, 2.24) is 24.3 Å². The number of halogens is 3. The molecule has 9 nitrogen and oxygen atoms in total. The summed E-state index contributed by atoms with van der Waals surface area (Å²) in [6.07, 6.45) is -0.0889. The monoisotopic (exact) mass is 519 g/mol. The molecule has 2 fully saturated rings. The van der Waals surface area contributed by atoms with E-state index in [1.807, 2.05) is 6.07 Å². The third-order valence-corrected chi connectivity index (χ3v) is 6.97. The molecule has 0 aliphatic carbocycles. The Hall–Kier alpha value is -3.54. The fourth-order valence-electron chi connectivity index (χ4n) is 5.02. The number of nitrogens with one attached hydrogen (secondary N) is 1. The number of carbonyl (C=O) groups is 1. The fraction of sp³-hybridized carbons (Fsp3) is 0.480. The van der Waals surface area contributed by atoms with Gasteiger partial charge in [-0.2, -0.15) is 0 Å². The molecule has 0 spiro atoms. The molecule has 3 aromatic rings. The van der Waals surface area contributed by atoms with Gasteiger partial charge in [0.05, 0.1) is 11.7 Å². The number of rotatable bonds is 5. The van der Waals surface area contributed by atoms with Gasteiger partial charge < -0.3 is 19.3 Å². The van der Waals surface area contributed by atoms with E-state index in [2.05, 4.69) is 26.7 Å². The van der Waals surface area contributed by atoms with Crippen LogP contribution >= 0.6 is 0 Å². The molecule has 198 valence electrons. The molecule has 4 heterocycles. The number of amides is 1. The van der Waals surface area contributed by atoms with Crippen molar-refractivity contribution in [3.63, 3.8) is 0 Å². The Morgan fingerprint density at radius 3 is 2.35 bits per heavy atom. The maximum Gasteiger partial charge on any atom is 0.573 e. The van der Waals surface area contributed by atoms with E-state index in [0.29, 0.717) is 42.8 Å². The second-order valence-corrected chi connectivity index (χ2v) is 9.55. The highest BCUT2D eigenvalue weighted by atomic mass is 19.4. The highest BCUT2D eigenvalue weighted by molar-refractivity contribution is 5.94. The first kappa shape index (κ1) is 25.1. The lowest BCUT2D eigenvalue weighted by atomic mass is 10.0. The van der Waals surface area contributed by atoms with Crippen LogP contribution < -0.4 is 15.2 Å². The number of benzene rings is 1. The van der Waals surface area contributed by atoms with Crippen LogP contribution in [-0.2, 0) is 0 Å². The number of nitrogens with zero attached hydrogens (tertiary/aromatic N) is 4. The molecule has 37 heavy (non-hydrogen) atoms. The lowest BCUT2D eigenvalue weighted by Gasteiger charge is -2.32. The first-order valence-electron chi connectivity index (χ1n) is 12.3. The van der Waals surface area contributed by atoms with Gasteiger partial charge in [-0.3, -0.25) is 14.3 Å². The quantitative estimate of drug-likeness (QED) is 0.554. The number of piperidine rings is 2. The Morgan fingerprint density at radius 1 is 1.03 bits per heavy atom. The number of carbonyl (C=O) groups excluding carboxylic acids is 1. The Bertz CT molecular complexity index is 1300. The number of pyridine rings is 1. The molecule has 2 aliphatic heterocycles. The third-order valence-electron chi connectivity index (χ3n) is 6.97. The molecule has 5 rings (SSSR count). The van der Waals surface area contributed by atoms with Crippen LogP contribution in [0.25, 0.3) is 11.2 Å². The zero-order valence-electron chi connectivity index (χ0n) is 20.3. The first-order valence-corrected chi connectivity index (χ1v) is 12.3. The van der Waals surface area contributed by atoms with Crippen molar-refractivity contribution in [3.8, 4) is 11.5 Å². The highest BCUT2D eigenvalue weighted by Gasteiger charge is 2.31. The molecule has 0 radical (unpaired) electrons. The number of fused-ring (bicyclic) bond motifs is 1. The molecular formula is C25H28F3N5O4. The summed E-state index contributed by atoms with van der Waals surface area (Å²) in [5.41, 5.74) is 1.17. The minimum atomic E-state index is -4.79. The van der Waals surface area contributed by atoms with Gasteiger partial charge in [-0.15, -0.1) is 13.2 Å². The molecule has 1 N–H and O–H groups in total. The largest absolute Gasteiger partial charge is 0.573 e. The number of hydrogen-bond donors (Lipinski definition) is 1. The highest BCUT2D eigenvalue weighted by Crippen LogP contribution is 2.28. The number of aromatic nitrogens is 3. The zero-order valence-corrected chi connectivity index (χ0v) is 20.3. The number of alkyl halides is 3. The molecule has 0 saturated carbocycles. The number of likely N-dealkylation sites (tertiary alicyclic amines) is 2. The third kappa shape index (κ3) is 5.74. The van der Waals surface area contributed by atoms with Crippen molar-refractivity contribution in [3.05, 3.63) is 52.6 Å². The van der Waals surface area contributed by atoms with Crippen LogP contribution in [0.4, 0.5) is 13.2 Å². The summed E-state index contributed by atoms with van der Waals surface area (Å²) in [5.74, 6) is -0.0339. The SMILES string of the molecule is CN1CCC(Oc2cnc3[nH]c(=O)n(C4CCN(C(=O)c5ccc(OC(F)(F)F)cc5)CC4)c3c2)CC1. The number of ether oxygens (including phenoxy) is 2. The van der Waals surface area contributed by atoms with E-state index in [9.17, 15) is 22.8 Å². The van der Waals surface area contributed by atoms with E-state index in [1.54, 1.807) is 15.7 Å². The minimum Gasteiger partial charge on any atom is -0.489 e. The van der Waals surface area contributed by atoms with Crippen LogP contribution in [-0.4, -0.2) is 75.9 Å². The molecule has 0 atom stereocenters. The number of hydrogen-bond acceptors (Lipinski definition) is 6. The van der Waals surface area contributed by atoms with Gasteiger partial charge in [0, 0.05) is 43.9 Å². The average molecular weight is 520 g/mol. The number of H-pyrrole nitrogens is 1. The topological polar surface area (TPSA) is 92.7 Å². The molecule has 2 aliphatic rings. The molecule has 1 aromatic carbocycles. The van der Waals surface area contributed by atoms with Crippen molar-refractivity contribution in [2.24, 2.45) is 0 Å².